The van der Waals surface area contributed by atoms with Gasteiger partial charge < -0.3 is 20.5 Å². The van der Waals surface area contributed by atoms with Gasteiger partial charge in [0.25, 0.3) is 5.91 Å². The molecule has 0 saturated carbocycles. The number of aromatic nitrogens is 1. The number of hydrogen-bond acceptors (Lipinski definition) is 5. The summed E-state index contributed by atoms with van der Waals surface area (Å²) in [6.45, 7) is 0.708. The maximum Gasteiger partial charge on any atom is 0.253 e. The molecule has 1 aromatic heterocycles. The van der Waals surface area contributed by atoms with Gasteiger partial charge in [-0.15, -0.1) is 0 Å². The molecule has 0 aliphatic heterocycles. The minimum Gasteiger partial charge on any atom is -0.485 e. The number of carbonyl (C=O) groups excluding carboxylic acids is 2. The van der Waals surface area contributed by atoms with Crippen molar-refractivity contribution in [3.8, 4) is 11.5 Å². The molecule has 1 atom stereocenters. The fourth-order valence-corrected chi connectivity index (χ4v) is 5.16. The number of para-hydroxylation sites is 2. The van der Waals surface area contributed by atoms with Crippen molar-refractivity contribution in [2.45, 2.75) is 25.7 Å². The Morgan fingerprint density at radius 2 is 1.16 bits per heavy atom. The first-order valence-electron chi connectivity index (χ1n) is 14.4. The van der Waals surface area contributed by atoms with Gasteiger partial charge in [0.05, 0.1) is 16.6 Å². The Labute approximate surface area is 255 Å². The molecular weight excluding hydrogens is 550 g/mol. The summed E-state index contributed by atoms with van der Waals surface area (Å²) in [5.74, 6) is 0.0648. The fourth-order valence-electron chi connectivity index (χ4n) is 5.16. The lowest BCUT2D eigenvalue weighted by Gasteiger charge is -2.19. The topological polar surface area (TPSA) is 104 Å². The van der Waals surface area contributed by atoms with Crippen LogP contribution in [0.3, 0.4) is 0 Å². The second-order valence-corrected chi connectivity index (χ2v) is 10.5. The van der Waals surface area contributed by atoms with Crippen molar-refractivity contribution < 1.29 is 19.1 Å². The number of nitrogens with one attached hydrogen (secondary N) is 1. The summed E-state index contributed by atoms with van der Waals surface area (Å²) in [4.78, 5) is 31.1. The zero-order valence-electron chi connectivity index (χ0n) is 24.0. The van der Waals surface area contributed by atoms with E-state index in [-0.39, 0.29) is 6.42 Å². The number of fused-ring (bicyclic) bond motifs is 2. The standard InChI is InChI=1S/C37H31N3O4/c38-36(41)32(40-37(42)35-28-15-7-9-17-30(28)39-31-18-10-8-16-29(31)35)21-27-19-20-33(43-23-25-11-3-1-4-12-25)34(22-27)44-24-26-13-5-2-6-14-26/h1-20,22,32H,21,23-24H2,(H2,38,41)(H,40,42)/t32-/m0/s1. The van der Waals surface area contributed by atoms with Crippen molar-refractivity contribution in [2.24, 2.45) is 5.73 Å². The van der Waals surface area contributed by atoms with Gasteiger partial charge in [-0.1, -0.05) is 103 Å². The Balaban J connectivity index is 1.26. The van der Waals surface area contributed by atoms with Crippen LogP contribution < -0.4 is 20.5 Å². The Kier molecular flexibility index (Phi) is 8.46. The van der Waals surface area contributed by atoms with Crippen LogP contribution >= 0.6 is 0 Å². The van der Waals surface area contributed by atoms with Crippen LogP contribution in [0.4, 0.5) is 0 Å². The number of ether oxygens (including phenoxy) is 2. The highest BCUT2D eigenvalue weighted by Crippen LogP contribution is 2.31. The monoisotopic (exact) mass is 581 g/mol. The maximum absolute atomic E-state index is 13.8. The molecule has 0 aliphatic rings. The predicted molar refractivity (Wildman–Crippen MR) is 171 cm³/mol. The van der Waals surface area contributed by atoms with Gasteiger partial charge in [-0.05, 0) is 41.0 Å². The highest BCUT2D eigenvalue weighted by atomic mass is 16.5. The third-order valence-corrected chi connectivity index (χ3v) is 7.39. The van der Waals surface area contributed by atoms with Crippen LogP contribution in [0.2, 0.25) is 0 Å². The van der Waals surface area contributed by atoms with E-state index < -0.39 is 17.9 Å². The van der Waals surface area contributed by atoms with E-state index in [0.717, 1.165) is 16.7 Å². The molecule has 6 aromatic rings. The van der Waals surface area contributed by atoms with E-state index in [0.29, 0.717) is 52.1 Å². The molecule has 0 radical (unpaired) electrons. The van der Waals surface area contributed by atoms with Crippen molar-refractivity contribution in [3.63, 3.8) is 0 Å². The van der Waals surface area contributed by atoms with Gasteiger partial charge in [-0.25, -0.2) is 4.98 Å². The van der Waals surface area contributed by atoms with E-state index in [1.807, 2.05) is 127 Å². The van der Waals surface area contributed by atoms with Crippen molar-refractivity contribution in [2.75, 3.05) is 0 Å². The molecule has 0 fully saturated rings. The van der Waals surface area contributed by atoms with Crippen molar-refractivity contribution in [1.29, 1.82) is 0 Å². The zero-order chi connectivity index (χ0) is 30.3. The van der Waals surface area contributed by atoms with Gasteiger partial charge in [0, 0.05) is 17.2 Å². The molecule has 7 heteroatoms. The van der Waals surface area contributed by atoms with Crippen LogP contribution in [0, 0.1) is 0 Å². The summed E-state index contributed by atoms with van der Waals surface area (Å²) in [6, 6.07) is 39.2. The number of pyridine rings is 1. The molecule has 2 amide bonds. The van der Waals surface area contributed by atoms with Gasteiger partial charge in [-0.3, -0.25) is 9.59 Å². The van der Waals surface area contributed by atoms with E-state index in [1.54, 1.807) is 0 Å². The van der Waals surface area contributed by atoms with Gasteiger partial charge >= 0.3 is 0 Å². The fraction of sp³-hybridized carbons (Fsp3) is 0.108. The van der Waals surface area contributed by atoms with Crippen LogP contribution in [0.1, 0.15) is 27.0 Å². The molecule has 3 N–H and O–H groups in total. The van der Waals surface area contributed by atoms with E-state index in [2.05, 4.69) is 5.32 Å². The van der Waals surface area contributed by atoms with E-state index >= 15 is 0 Å². The molecule has 218 valence electrons. The first-order chi connectivity index (χ1) is 21.5. The van der Waals surface area contributed by atoms with Crippen LogP contribution in [0.25, 0.3) is 21.8 Å². The molecule has 6 rings (SSSR count). The predicted octanol–water partition coefficient (Wildman–Crippen LogP) is 6.37. The van der Waals surface area contributed by atoms with Crippen LogP contribution in [0.5, 0.6) is 11.5 Å². The number of benzene rings is 5. The highest BCUT2D eigenvalue weighted by molar-refractivity contribution is 6.16. The summed E-state index contributed by atoms with van der Waals surface area (Å²) in [6.07, 6.45) is 0.169. The lowest BCUT2D eigenvalue weighted by molar-refractivity contribution is -0.119. The van der Waals surface area contributed by atoms with Gasteiger partial charge in [0.15, 0.2) is 11.5 Å². The lowest BCUT2D eigenvalue weighted by Crippen LogP contribution is -2.46. The SMILES string of the molecule is NC(=O)[C@H](Cc1ccc(OCc2ccccc2)c(OCc2ccccc2)c1)NC(=O)c1c2ccccc2nc2ccccc12. The minimum absolute atomic E-state index is 0.169. The van der Waals surface area contributed by atoms with Crippen LogP contribution in [0.15, 0.2) is 127 Å². The van der Waals surface area contributed by atoms with Crippen LogP contribution in [-0.4, -0.2) is 22.8 Å². The number of nitrogens with zero attached hydrogens (tertiary/aromatic N) is 1. The van der Waals surface area contributed by atoms with Crippen molar-refractivity contribution in [1.82, 2.24) is 10.3 Å². The molecule has 44 heavy (non-hydrogen) atoms. The third kappa shape index (κ3) is 6.52. The molecular formula is C37H31N3O4. The van der Waals surface area contributed by atoms with Crippen molar-refractivity contribution >= 4 is 33.6 Å². The molecule has 0 saturated heterocycles. The summed E-state index contributed by atoms with van der Waals surface area (Å²) < 4.78 is 12.3. The third-order valence-electron chi connectivity index (χ3n) is 7.39. The summed E-state index contributed by atoms with van der Waals surface area (Å²) >= 11 is 0. The molecule has 0 unspecified atom stereocenters. The normalized spacial score (nSPS) is 11.6. The quantitative estimate of drug-likeness (QED) is 0.173. The first kappa shape index (κ1) is 28.4. The summed E-state index contributed by atoms with van der Waals surface area (Å²) in [5, 5.41) is 4.29. The van der Waals surface area contributed by atoms with Gasteiger partial charge in [0.1, 0.15) is 19.3 Å². The van der Waals surface area contributed by atoms with Crippen LogP contribution in [-0.2, 0) is 24.4 Å². The summed E-state index contributed by atoms with van der Waals surface area (Å²) in [7, 11) is 0. The second-order valence-electron chi connectivity index (χ2n) is 10.5. The van der Waals surface area contributed by atoms with E-state index in [9.17, 15) is 9.59 Å². The zero-order valence-corrected chi connectivity index (χ0v) is 24.0. The Hall–Kier alpha value is -5.69. The van der Waals surface area contributed by atoms with Crippen molar-refractivity contribution in [3.05, 3.63) is 150 Å². The number of amides is 2. The molecule has 0 spiro atoms. The number of carbonyl (C=O) groups is 2. The number of primary amides is 1. The maximum atomic E-state index is 13.8. The number of nitrogens with two attached hydrogens (primary N) is 1. The lowest BCUT2D eigenvalue weighted by atomic mass is 10.00. The molecule has 1 heterocycles. The summed E-state index contributed by atoms with van der Waals surface area (Å²) in [5.41, 5.74) is 10.5. The Morgan fingerprint density at radius 3 is 1.73 bits per heavy atom. The number of hydrogen-bond donors (Lipinski definition) is 2. The molecule has 5 aromatic carbocycles. The Morgan fingerprint density at radius 1 is 0.636 bits per heavy atom. The van der Waals surface area contributed by atoms with Gasteiger partial charge in [0.2, 0.25) is 5.91 Å². The highest BCUT2D eigenvalue weighted by Gasteiger charge is 2.23. The molecule has 7 nitrogen and oxygen atoms in total. The Bertz CT molecular complexity index is 1870. The van der Waals surface area contributed by atoms with Gasteiger partial charge in [-0.2, -0.15) is 0 Å². The molecule has 0 aliphatic carbocycles. The smallest absolute Gasteiger partial charge is 0.253 e. The largest absolute Gasteiger partial charge is 0.485 e. The first-order valence-corrected chi connectivity index (χ1v) is 14.4. The average molecular weight is 582 g/mol. The molecule has 0 bridgehead atoms. The minimum atomic E-state index is -0.966. The second kappa shape index (κ2) is 13.1. The van der Waals surface area contributed by atoms with E-state index in [4.69, 9.17) is 20.2 Å². The van der Waals surface area contributed by atoms with E-state index in [1.165, 1.54) is 0 Å². The average Bonchev–Trinajstić information content (AvgIpc) is 3.06. The number of rotatable bonds is 11.